The molecule has 8 nitrogen and oxygen atoms in total. The zero-order valence-electron chi connectivity index (χ0n) is 22.7. The maximum absolute atomic E-state index is 13.7. The number of benzene rings is 1. The molecule has 1 spiro atoms. The first-order chi connectivity index (χ1) is 19.0. The largest absolute Gasteiger partial charge is 0.378 e. The Morgan fingerprint density at radius 1 is 1.08 bits per heavy atom. The SMILES string of the molecule is Cc1c[nH]c2ncc(-c3cc4c(c([C@@H]5COCCN5)c3)CN(C(=O)N3CCC5(CCC(=O)CC5)C3)CC4)cc12. The van der Waals surface area contributed by atoms with E-state index < -0.39 is 0 Å². The van der Waals surface area contributed by atoms with E-state index in [-0.39, 0.29) is 17.5 Å². The number of likely N-dealkylation sites (tertiary alicyclic amines) is 1. The number of urea groups is 1. The summed E-state index contributed by atoms with van der Waals surface area (Å²) in [4.78, 5) is 37.6. The summed E-state index contributed by atoms with van der Waals surface area (Å²) in [6, 6.07) is 7.07. The van der Waals surface area contributed by atoms with Gasteiger partial charge in [-0.05, 0) is 78.0 Å². The molecule has 3 fully saturated rings. The number of nitrogens with zero attached hydrogens (tertiary/aromatic N) is 3. The number of carbonyl (C=O) groups is 2. The molecule has 2 amide bonds. The van der Waals surface area contributed by atoms with E-state index in [1.54, 1.807) is 0 Å². The molecule has 39 heavy (non-hydrogen) atoms. The van der Waals surface area contributed by atoms with Gasteiger partial charge in [0.1, 0.15) is 11.4 Å². The highest BCUT2D eigenvalue weighted by Crippen LogP contribution is 2.43. The van der Waals surface area contributed by atoms with E-state index >= 15 is 0 Å². The van der Waals surface area contributed by atoms with Gasteiger partial charge in [0, 0.05) is 68.9 Å². The van der Waals surface area contributed by atoms with E-state index in [2.05, 4.69) is 45.3 Å². The van der Waals surface area contributed by atoms with Crippen molar-refractivity contribution >= 4 is 22.8 Å². The van der Waals surface area contributed by atoms with Crippen molar-refractivity contribution in [2.24, 2.45) is 5.41 Å². The average molecular weight is 528 g/mol. The van der Waals surface area contributed by atoms with Crippen LogP contribution >= 0.6 is 0 Å². The number of amides is 2. The van der Waals surface area contributed by atoms with Gasteiger partial charge < -0.3 is 24.8 Å². The summed E-state index contributed by atoms with van der Waals surface area (Å²) in [6.45, 7) is 7.21. The number of aromatic amines is 1. The van der Waals surface area contributed by atoms with Crippen molar-refractivity contribution in [1.29, 1.82) is 0 Å². The van der Waals surface area contributed by atoms with Crippen LogP contribution in [0.3, 0.4) is 0 Å². The van der Waals surface area contributed by atoms with Crippen molar-refractivity contribution in [2.45, 2.75) is 58.0 Å². The fourth-order valence-electron chi connectivity index (χ4n) is 7.16. The van der Waals surface area contributed by atoms with Gasteiger partial charge in [0.2, 0.25) is 0 Å². The van der Waals surface area contributed by atoms with Gasteiger partial charge in [-0.15, -0.1) is 0 Å². The van der Waals surface area contributed by atoms with Crippen LogP contribution in [0.2, 0.25) is 0 Å². The van der Waals surface area contributed by atoms with E-state index in [4.69, 9.17) is 4.74 Å². The smallest absolute Gasteiger partial charge is 0.320 e. The molecule has 3 aliphatic heterocycles. The molecule has 8 heteroatoms. The normalized spacial score (nSPS) is 23.0. The minimum absolute atomic E-state index is 0.100. The summed E-state index contributed by atoms with van der Waals surface area (Å²) in [5, 5.41) is 4.80. The second kappa shape index (κ2) is 9.75. The molecule has 1 aromatic carbocycles. The molecule has 0 bridgehead atoms. The molecule has 5 heterocycles. The third-order valence-corrected chi connectivity index (χ3v) is 9.59. The van der Waals surface area contributed by atoms with Crippen molar-refractivity contribution in [2.75, 3.05) is 39.4 Å². The standard InChI is InChI=1S/C31H37N5O3/c1-20-15-33-29-25(20)14-23(16-34-29)22-12-21-4-9-35(17-27(21)26(13-22)28-18-39-11-8-32-28)30(38)36-10-7-31(19-36)5-2-24(37)3-6-31/h12-16,28,32H,2-11,17-19H2,1H3,(H,33,34)/t28-/m0/s1. The van der Waals surface area contributed by atoms with Crippen molar-refractivity contribution < 1.29 is 14.3 Å². The van der Waals surface area contributed by atoms with Crippen LogP contribution in [0.25, 0.3) is 22.2 Å². The van der Waals surface area contributed by atoms with E-state index in [9.17, 15) is 9.59 Å². The number of rotatable bonds is 2. The fraction of sp³-hybridized carbons (Fsp3) is 0.516. The molecular weight excluding hydrogens is 490 g/mol. The van der Waals surface area contributed by atoms with Gasteiger partial charge in [0.15, 0.2) is 0 Å². The van der Waals surface area contributed by atoms with Crippen molar-refractivity contribution in [3.63, 3.8) is 0 Å². The predicted molar refractivity (Wildman–Crippen MR) is 149 cm³/mol. The minimum Gasteiger partial charge on any atom is -0.378 e. The van der Waals surface area contributed by atoms with Gasteiger partial charge in [-0.2, -0.15) is 0 Å². The summed E-state index contributed by atoms with van der Waals surface area (Å²) in [6.07, 6.45) is 9.03. The van der Waals surface area contributed by atoms with Gasteiger partial charge >= 0.3 is 6.03 Å². The quantitative estimate of drug-likeness (QED) is 0.512. The van der Waals surface area contributed by atoms with E-state index in [1.807, 2.05) is 17.3 Å². The molecule has 0 radical (unpaired) electrons. The van der Waals surface area contributed by atoms with Crippen LogP contribution in [0.5, 0.6) is 0 Å². The number of ether oxygens (including phenoxy) is 1. The first-order valence-electron chi connectivity index (χ1n) is 14.4. The van der Waals surface area contributed by atoms with Crippen LogP contribution in [0.1, 0.15) is 60.4 Å². The van der Waals surface area contributed by atoms with Crippen LogP contribution in [0.15, 0.2) is 30.6 Å². The number of pyridine rings is 1. The first-order valence-corrected chi connectivity index (χ1v) is 14.4. The summed E-state index contributed by atoms with van der Waals surface area (Å²) in [7, 11) is 0. The third-order valence-electron chi connectivity index (χ3n) is 9.59. The number of carbonyl (C=O) groups excluding carboxylic acids is 2. The first kappa shape index (κ1) is 24.8. The Morgan fingerprint density at radius 2 is 1.95 bits per heavy atom. The molecule has 1 saturated carbocycles. The lowest BCUT2D eigenvalue weighted by Crippen LogP contribution is -2.46. The maximum atomic E-state index is 13.7. The molecule has 0 unspecified atom stereocenters. The van der Waals surface area contributed by atoms with E-state index in [0.717, 1.165) is 75.1 Å². The zero-order valence-corrected chi connectivity index (χ0v) is 22.7. The lowest BCUT2D eigenvalue weighted by molar-refractivity contribution is -0.122. The van der Waals surface area contributed by atoms with Gasteiger partial charge in [-0.25, -0.2) is 9.78 Å². The monoisotopic (exact) mass is 527 g/mol. The van der Waals surface area contributed by atoms with Crippen molar-refractivity contribution in [1.82, 2.24) is 25.1 Å². The molecule has 2 aromatic heterocycles. The molecule has 2 saturated heterocycles. The lowest BCUT2D eigenvalue weighted by Gasteiger charge is -2.37. The number of H-pyrrole nitrogens is 1. The Bertz CT molecular complexity index is 1430. The van der Waals surface area contributed by atoms with Gasteiger partial charge in [-0.3, -0.25) is 4.79 Å². The average Bonchev–Trinajstić information content (AvgIpc) is 3.57. The van der Waals surface area contributed by atoms with E-state index in [1.165, 1.54) is 27.8 Å². The maximum Gasteiger partial charge on any atom is 0.320 e. The number of ketones is 1. The molecule has 2 N–H and O–H groups in total. The summed E-state index contributed by atoms with van der Waals surface area (Å²) in [5.74, 6) is 0.379. The number of fused-ring (bicyclic) bond motifs is 2. The van der Waals surface area contributed by atoms with Gasteiger partial charge in [0.05, 0.1) is 19.3 Å². The molecule has 7 rings (SSSR count). The number of hydrogen-bond acceptors (Lipinski definition) is 5. The fourth-order valence-corrected chi connectivity index (χ4v) is 7.16. The highest BCUT2D eigenvalue weighted by atomic mass is 16.5. The highest BCUT2D eigenvalue weighted by molar-refractivity contribution is 5.85. The Labute approximate surface area is 229 Å². The Morgan fingerprint density at radius 3 is 2.77 bits per heavy atom. The second-order valence-electron chi connectivity index (χ2n) is 12.0. The summed E-state index contributed by atoms with van der Waals surface area (Å²) >= 11 is 0. The molecule has 4 aliphatic rings. The predicted octanol–water partition coefficient (Wildman–Crippen LogP) is 4.51. The van der Waals surface area contributed by atoms with Gasteiger partial charge in [0.25, 0.3) is 0 Å². The second-order valence-corrected chi connectivity index (χ2v) is 12.0. The molecule has 3 aromatic rings. The van der Waals surface area contributed by atoms with Crippen LogP contribution in [0.4, 0.5) is 4.79 Å². The van der Waals surface area contributed by atoms with Crippen LogP contribution < -0.4 is 5.32 Å². The van der Waals surface area contributed by atoms with Crippen LogP contribution in [0, 0.1) is 12.3 Å². The zero-order chi connectivity index (χ0) is 26.6. The number of aryl methyl sites for hydroxylation is 1. The van der Waals surface area contributed by atoms with Crippen molar-refractivity contribution in [3.05, 3.63) is 52.8 Å². The Hall–Kier alpha value is -3.23. The van der Waals surface area contributed by atoms with Crippen molar-refractivity contribution in [3.8, 4) is 11.1 Å². The summed E-state index contributed by atoms with van der Waals surface area (Å²) in [5.41, 5.74) is 8.32. The number of Topliss-reactive ketones (excluding diaryl/α,β-unsaturated/α-hetero) is 1. The minimum atomic E-state index is 0.100. The van der Waals surface area contributed by atoms with Crippen LogP contribution in [-0.4, -0.2) is 71.0 Å². The van der Waals surface area contributed by atoms with Gasteiger partial charge in [-0.1, -0.05) is 6.07 Å². The number of nitrogens with one attached hydrogen (secondary N) is 2. The van der Waals surface area contributed by atoms with Crippen LogP contribution in [-0.2, 0) is 22.5 Å². The Kier molecular flexibility index (Phi) is 6.20. The molecule has 204 valence electrons. The molecule has 1 atom stereocenters. The lowest BCUT2D eigenvalue weighted by atomic mass is 9.73. The highest BCUT2D eigenvalue weighted by Gasteiger charge is 2.43. The Balaban J connectivity index is 1.18. The summed E-state index contributed by atoms with van der Waals surface area (Å²) < 4.78 is 5.87. The molecule has 1 aliphatic carbocycles. The number of aromatic nitrogens is 2. The molecular formula is C31H37N5O3. The van der Waals surface area contributed by atoms with E-state index in [0.29, 0.717) is 31.8 Å². The number of hydrogen-bond donors (Lipinski definition) is 2. The third kappa shape index (κ3) is 4.53. The number of morpholine rings is 1. The topological polar surface area (TPSA) is 90.6 Å².